The lowest BCUT2D eigenvalue weighted by Crippen LogP contribution is -2.37. The minimum absolute atomic E-state index is 0.148. The fraction of sp³-hybridized carbons (Fsp3) is 0.400. The summed E-state index contributed by atoms with van der Waals surface area (Å²) in [7, 11) is 0. The molecule has 2 aliphatic rings. The van der Waals surface area contributed by atoms with Gasteiger partial charge in [-0.2, -0.15) is 0 Å². The van der Waals surface area contributed by atoms with E-state index < -0.39 is 0 Å². The number of carbonyl (C=O) groups excluding carboxylic acids is 1. The van der Waals surface area contributed by atoms with Crippen LogP contribution in [0.25, 0.3) is 0 Å². The topological polar surface area (TPSA) is 52.9 Å². The minimum Gasteiger partial charge on any atom is -0.411 e. The lowest BCUT2D eigenvalue weighted by atomic mass is 9.93. The minimum atomic E-state index is 0.148. The number of oxime groups is 1. The molecular weight excluding hydrogens is 332 g/mol. The van der Waals surface area contributed by atoms with Crippen LogP contribution < -0.4 is 0 Å². The van der Waals surface area contributed by atoms with Gasteiger partial charge in [0.1, 0.15) is 0 Å². The zero-order valence-corrected chi connectivity index (χ0v) is 15.0. The van der Waals surface area contributed by atoms with E-state index in [9.17, 15) is 10.0 Å². The summed E-state index contributed by atoms with van der Waals surface area (Å²) in [6.07, 6.45) is 5.68. The molecule has 1 saturated heterocycles. The monoisotopic (exact) mass is 354 g/mol. The molecule has 0 bridgehead atoms. The van der Waals surface area contributed by atoms with Crippen LogP contribution in [0.5, 0.6) is 0 Å². The highest BCUT2D eigenvalue weighted by molar-refractivity contribution is 7.12. The second-order valence-electron chi connectivity index (χ2n) is 6.84. The Balaban J connectivity index is 1.57. The standard InChI is InChI=1S/C20H22N2O2S/c23-20(17-13-25-19-16(17)9-4-10-18(19)21-24)22-11-5-8-15(22)12-14-6-2-1-3-7-14/h1-3,6-7,13,15,24H,4-5,8-12H2/b21-18-. The summed E-state index contributed by atoms with van der Waals surface area (Å²) in [5.41, 5.74) is 3.92. The number of thiophene rings is 1. The maximum atomic E-state index is 13.2. The molecule has 4 nitrogen and oxygen atoms in total. The highest BCUT2D eigenvalue weighted by atomic mass is 32.1. The third-order valence-electron chi connectivity index (χ3n) is 5.30. The van der Waals surface area contributed by atoms with Gasteiger partial charge in [-0.25, -0.2) is 0 Å². The van der Waals surface area contributed by atoms with Crippen molar-refractivity contribution in [1.82, 2.24) is 4.90 Å². The van der Waals surface area contributed by atoms with Crippen molar-refractivity contribution in [3.8, 4) is 0 Å². The Labute approximate surface area is 151 Å². The molecule has 130 valence electrons. The van der Waals surface area contributed by atoms with Crippen LogP contribution >= 0.6 is 11.3 Å². The molecule has 1 aromatic heterocycles. The van der Waals surface area contributed by atoms with Crippen molar-refractivity contribution in [3.63, 3.8) is 0 Å². The van der Waals surface area contributed by atoms with Crippen LogP contribution in [0, 0.1) is 0 Å². The third kappa shape index (κ3) is 3.09. The molecule has 25 heavy (non-hydrogen) atoms. The van der Waals surface area contributed by atoms with Crippen LogP contribution in [0.4, 0.5) is 0 Å². The number of nitrogens with zero attached hydrogens (tertiary/aromatic N) is 2. The van der Waals surface area contributed by atoms with Gasteiger partial charge in [-0.3, -0.25) is 4.79 Å². The predicted molar refractivity (Wildman–Crippen MR) is 99.8 cm³/mol. The Bertz CT molecular complexity index is 797. The van der Waals surface area contributed by atoms with Gasteiger partial charge >= 0.3 is 0 Å². The van der Waals surface area contributed by atoms with E-state index in [0.717, 1.165) is 66.8 Å². The average molecular weight is 354 g/mol. The quantitative estimate of drug-likeness (QED) is 0.666. The van der Waals surface area contributed by atoms with Crippen LogP contribution in [0.3, 0.4) is 0 Å². The molecule has 1 unspecified atom stereocenters. The third-order valence-corrected chi connectivity index (χ3v) is 6.37. The molecule has 1 amide bonds. The van der Waals surface area contributed by atoms with Crippen molar-refractivity contribution in [2.45, 2.75) is 44.6 Å². The number of benzene rings is 1. The Morgan fingerprint density at radius 2 is 2.08 bits per heavy atom. The van der Waals surface area contributed by atoms with E-state index in [1.54, 1.807) is 0 Å². The van der Waals surface area contributed by atoms with Crippen LogP contribution in [0.15, 0.2) is 40.9 Å². The molecule has 1 N–H and O–H groups in total. The molecular formula is C20H22N2O2S. The van der Waals surface area contributed by atoms with Gasteiger partial charge in [0.25, 0.3) is 5.91 Å². The molecule has 5 heteroatoms. The molecule has 1 aliphatic carbocycles. The largest absolute Gasteiger partial charge is 0.411 e. The number of fused-ring (bicyclic) bond motifs is 1. The molecule has 1 aliphatic heterocycles. The van der Waals surface area contributed by atoms with Gasteiger partial charge in [-0.1, -0.05) is 35.5 Å². The maximum Gasteiger partial charge on any atom is 0.255 e. The highest BCUT2D eigenvalue weighted by Gasteiger charge is 2.33. The molecule has 0 saturated carbocycles. The average Bonchev–Trinajstić information content (AvgIpc) is 3.28. The molecule has 0 radical (unpaired) electrons. The molecule has 1 aromatic carbocycles. The van der Waals surface area contributed by atoms with Gasteiger partial charge in [-0.05, 0) is 49.7 Å². The zero-order chi connectivity index (χ0) is 17.2. The second-order valence-corrected chi connectivity index (χ2v) is 7.72. The Kier molecular flexibility index (Phi) is 4.57. The smallest absolute Gasteiger partial charge is 0.255 e. The van der Waals surface area contributed by atoms with E-state index in [1.165, 1.54) is 16.9 Å². The van der Waals surface area contributed by atoms with E-state index >= 15 is 0 Å². The molecule has 4 rings (SSSR count). The fourth-order valence-electron chi connectivity index (χ4n) is 4.05. The number of likely N-dealkylation sites (tertiary alicyclic amines) is 1. The SMILES string of the molecule is O=C(c1csc2c1CCC/C2=N/O)N1CCCC1Cc1ccccc1. The summed E-state index contributed by atoms with van der Waals surface area (Å²) in [6.45, 7) is 0.835. The van der Waals surface area contributed by atoms with Gasteiger partial charge in [0, 0.05) is 18.0 Å². The highest BCUT2D eigenvalue weighted by Crippen LogP contribution is 2.33. The summed E-state index contributed by atoms with van der Waals surface area (Å²) in [5, 5.41) is 14.6. The number of amides is 1. The Morgan fingerprint density at radius 3 is 2.88 bits per heavy atom. The van der Waals surface area contributed by atoms with E-state index in [2.05, 4.69) is 34.3 Å². The van der Waals surface area contributed by atoms with Crippen molar-refractivity contribution < 1.29 is 10.0 Å². The first-order valence-electron chi connectivity index (χ1n) is 8.94. The molecule has 1 fully saturated rings. The first-order chi connectivity index (χ1) is 12.3. The summed E-state index contributed by atoms with van der Waals surface area (Å²) >= 11 is 1.54. The second kappa shape index (κ2) is 7.00. The number of hydrogen-bond donors (Lipinski definition) is 1. The van der Waals surface area contributed by atoms with Crippen LogP contribution in [0.2, 0.25) is 0 Å². The lowest BCUT2D eigenvalue weighted by Gasteiger charge is -2.25. The maximum absolute atomic E-state index is 13.2. The van der Waals surface area contributed by atoms with Crippen molar-refractivity contribution in [2.24, 2.45) is 5.16 Å². The van der Waals surface area contributed by atoms with Crippen molar-refractivity contribution in [2.75, 3.05) is 6.54 Å². The number of carbonyl (C=O) groups is 1. The number of hydrogen-bond acceptors (Lipinski definition) is 4. The van der Waals surface area contributed by atoms with E-state index in [1.807, 2.05) is 11.4 Å². The first-order valence-corrected chi connectivity index (χ1v) is 9.82. The predicted octanol–water partition coefficient (Wildman–Crippen LogP) is 4.11. The molecule has 1 atom stereocenters. The normalized spacial score (nSPS) is 21.5. The summed E-state index contributed by atoms with van der Waals surface area (Å²) in [4.78, 5) is 16.3. The van der Waals surface area contributed by atoms with E-state index in [0.29, 0.717) is 0 Å². The first kappa shape index (κ1) is 16.3. The van der Waals surface area contributed by atoms with Gasteiger partial charge in [0.05, 0.1) is 16.2 Å². The van der Waals surface area contributed by atoms with Gasteiger partial charge in [0.2, 0.25) is 0 Å². The zero-order valence-electron chi connectivity index (χ0n) is 14.1. The molecule has 2 heterocycles. The molecule has 0 spiro atoms. The van der Waals surface area contributed by atoms with Crippen molar-refractivity contribution in [3.05, 3.63) is 57.3 Å². The number of rotatable bonds is 3. The molecule has 2 aromatic rings. The van der Waals surface area contributed by atoms with E-state index in [4.69, 9.17) is 0 Å². The van der Waals surface area contributed by atoms with Crippen LogP contribution in [0.1, 0.15) is 52.0 Å². The summed E-state index contributed by atoms with van der Waals surface area (Å²) < 4.78 is 0. The van der Waals surface area contributed by atoms with E-state index in [-0.39, 0.29) is 11.9 Å². The van der Waals surface area contributed by atoms with Crippen molar-refractivity contribution >= 4 is 23.0 Å². The summed E-state index contributed by atoms with van der Waals surface area (Å²) in [6, 6.07) is 10.7. The van der Waals surface area contributed by atoms with Crippen LogP contribution in [-0.2, 0) is 12.8 Å². The van der Waals surface area contributed by atoms with Crippen molar-refractivity contribution in [1.29, 1.82) is 0 Å². The fourth-order valence-corrected chi connectivity index (χ4v) is 5.16. The van der Waals surface area contributed by atoms with Gasteiger partial charge in [0.15, 0.2) is 0 Å². The Hall–Kier alpha value is -2.14. The van der Waals surface area contributed by atoms with Gasteiger partial charge < -0.3 is 10.1 Å². The lowest BCUT2D eigenvalue weighted by molar-refractivity contribution is 0.0736. The Morgan fingerprint density at radius 1 is 1.24 bits per heavy atom. The van der Waals surface area contributed by atoms with Gasteiger partial charge in [-0.15, -0.1) is 11.3 Å². The van der Waals surface area contributed by atoms with Crippen LogP contribution in [-0.4, -0.2) is 34.3 Å². The summed E-state index contributed by atoms with van der Waals surface area (Å²) in [5.74, 6) is 0.148.